The molecule has 0 aliphatic carbocycles. The normalized spacial score (nSPS) is 23.1. The first-order valence-electron chi connectivity index (χ1n) is 9.04. The van der Waals surface area contributed by atoms with Gasteiger partial charge in [-0.25, -0.2) is 8.78 Å². The fourth-order valence-corrected chi connectivity index (χ4v) is 4.37. The summed E-state index contributed by atoms with van der Waals surface area (Å²) < 4.78 is 27.6. The highest BCUT2D eigenvalue weighted by atomic mass is 35.5. The summed E-state index contributed by atoms with van der Waals surface area (Å²) in [6.07, 6.45) is -0.565. The molecule has 0 bridgehead atoms. The second-order valence-electron chi connectivity index (χ2n) is 7.33. The van der Waals surface area contributed by atoms with Crippen LogP contribution in [0.5, 0.6) is 5.75 Å². The number of hydrogen-bond acceptors (Lipinski definition) is 5. The Kier molecular flexibility index (Phi) is 4.90. The molecule has 0 amide bonds. The third-order valence-electron chi connectivity index (χ3n) is 5.62. The number of likely N-dealkylation sites (tertiary alicyclic amines) is 1. The smallest absolute Gasteiger partial charge is 0.266 e. The van der Waals surface area contributed by atoms with Gasteiger partial charge in [-0.05, 0) is 56.6 Å². The van der Waals surface area contributed by atoms with Gasteiger partial charge in [-0.1, -0.05) is 11.6 Å². The first-order chi connectivity index (χ1) is 12.9. The summed E-state index contributed by atoms with van der Waals surface area (Å²) in [4.78, 5) is 4.37. The monoisotopic (exact) mass is 394 g/mol. The van der Waals surface area contributed by atoms with Gasteiger partial charge in [0.2, 0.25) is 0 Å². The van der Waals surface area contributed by atoms with Crippen molar-refractivity contribution in [2.75, 3.05) is 31.6 Å². The van der Waals surface area contributed by atoms with Crippen molar-refractivity contribution in [1.29, 1.82) is 0 Å². The molecule has 144 valence electrons. The minimum Gasteiger partial charge on any atom is -0.507 e. The SMILES string of the molecule is CN1CCC2CCN(c3cc(C(F)F)c(-c4ccc(Cl)cc4O)nn3)C2C1. The molecule has 2 unspecified atom stereocenters. The van der Waals surface area contributed by atoms with E-state index in [-0.39, 0.29) is 28.6 Å². The molecule has 2 aliphatic rings. The number of piperidine rings is 1. The maximum atomic E-state index is 13.8. The quantitative estimate of drug-likeness (QED) is 0.853. The predicted octanol–water partition coefficient (Wildman–Crippen LogP) is 3.97. The zero-order valence-electron chi connectivity index (χ0n) is 14.9. The molecule has 27 heavy (non-hydrogen) atoms. The van der Waals surface area contributed by atoms with Crippen LogP contribution in [0.4, 0.5) is 14.6 Å². The molecular weight excluding hydrogens is 374 g/mol. The van der Waals surface area contributed by atoms with Crippen molar-refractivity contribution in [1.82, 2.24) is 15.1 Å². The Balaban J connectivity index is 1.71. The first kappa shape index (κ1) is 18.4. The molecule has 2 aromatic rings. The van der Waals surface area contributed by atoms with Crippen molar-refractivity contribution in [2.45, 2.75) is 25.3 Å². The third kappa shape index (κ3) is 3.46. The van der Waals surface area contributed by atoms with Crippen LogP contribution in [-0.4, -0.2) is 52.9 Å². The molecule has 2 aliphatic heterocycles. The molecular formula is C19H21ClF2N4O. The van der Waals surface area contributed by atoms with E-state index in [4.69, 9.17) is 11.6 Å². The van der Waals surface area contributed by atoms with Crippen LogP contribution in [-0.2, 0) is 0 Å². The van der Waals surface area contributed by atoms with Crippen LogP contribution in [0.25, 0.3) is 11.3 Å². The van der Waals surface area contributed by atoms with Crippen LogP contribution in [0.3, 0.4) is 0 Å². The zero-order valence-corrected chi connectivity index (χ0v) is 15.7. The number of rotatable bonds is 3. The van der Waals surface area contributed by atoms with Crippen LogP contribution in [0, 0.1) is 5.92 Å². The van der Waals surface area contributed by atoms with Crippen LogP contribution in [0.2, 0.25) is 5.02 Å². The summed E-state index contributed by atoms with van der Waals surface area (Å²) in [6.45, 7) is 2.76. The summed E-state index contributed by atoms with van der Waals surface area (Å²) in [5.74, 6) is 0.852. The lowest BCUT2D eigenvalue weighted by molar-refractivity contribution is 0.151. The number of aromatic nitrogens is 2. The zero-order chi connectivity index (χ0) is 19.1. The second-order valence-corrected chi connectivity index (χ2v) is 7.77. The Hall–Kier alpha value is -1.99. The highest BCUT2D eigenvalue weighted by Gasteiger charge is 2.38. The third-order valence-corrected chi connectivity index (χ3v) is 5.86. The molecule has 5 nitrogen and oxygen atoms in total. The Labute approximate surface area is 161 Å². The van der Waals surface area contributed by atoms with E-state index in [1.54, 1.807) is 0 Å². The molecule has 0 radical (unpaired) electrons. The summed E-state index contributed by atoms with van der Waals surface area (Å²) in [7, 11) is 2.08. The van der Waals surface area contributed by atoms with E-state index in [1.807, 2.05) is 0 Å². The van der Waals surface area contributed by atoms with E-state index in [9.17, 15) is 13.9 Å². The Morgan fingerprint density at radius 1 is 1.19 bits per heavy atom. The van der Waals surface area contributed by atoms with Crippen LogP contribution < -0.4 is 4.90 Å². The molecule has 0 saturated carbocycles. The lowest BCUT2D eigenvalue weighted by Crippen LogP contribution is -2.47. The van der Waals surface area contributed by atoms with Gasteiger partial charge < -0.3 is 14.9 Å². The number of aromatic hydroxyl groups is 1. The summed E-state index contributed by atoms with van der Waals surface area (Å²) in [5.41, 5.74) is -0.0462. The van der Waals surface area contributed by atoms with E-state index in [0.717, 1.165) is 32.5 Å². The Morgan fingerprint density at radius 3 is 2.70 bits per heavy atom. The summed E-state index contributed by atoms with van der Waals surface area (Å²) in [6, 6.07) is 6.01. The van der Waals surface area contributed by atoms with Gasteiger partial charge in [0.1, 0.15) is 11.4 Å². The molecule has 2 fully saturated rings. The maximum Gasteiger partial charge on any atom is 0.266 e. The number of halogens is 3. The number of alkyl halides is 2. The second kappa shape index (κ2) is 7.20. The lowest BCUT2D eigenvalue weighted by Gasteiger charge is -2.37. The maximum absolute atomic E-state index is 13.8. The molecule has 1 aromatic carbocycles. The highest BCUT2D eigenvalue weighted by molar-refractivity contribution is 6.30. The largest absolute Gasteiger partial charge is 0.507 e. The van der Waals surface area contributed by atoms with Crippen LogP contribution in [0.15, 0.2) is 24.3 Å². The van der Waals surface area contributed by atoms with E-state index in [2.05, 4.69) is 27.0 Å². The standard InChI is InChI=1S/C19H21ClF2N4O/c1-25-6-4-11-5-7-26(15(11)10-25)17-9-14(19(21)22)18(24-23-17)13-3-2-12(20)8-16(13)27/h2-3,8-9,11,15,19,27H,4-7,10H2,1H3. The Bertz CT molecular complexity index is 850. The fourth-order valence-electron chi connectivity index (χ4n) is 4.20. The van der Waals surface area contributed by atoms with Crippen LogP contribution in [0.1, 0.15) is 24.8 Å². The summed E-state index contributed by atoms with van der Waals surface area (Å²) >= 11 is 5.84. The molecule has 8 heteroatoms. The van der Waals surface area contributed by atoms with Crippen molar-refractivity contribution in [3.05, 3.63) is 34.9 Å². The highest BCUT2D eigenvalue weighted by Crippen LogP contribution is 2.39. The molecule has 2 saturated heterocycles. The topological polar surface area (TPSA) is 52.5 Å². The average molecular weight is 395 g/mol. The van der Waals surface area contributed by atoms with Crippen molar-refractivity contribution >= 4 is 17.4 Å². The lowest BCUT2D eigenvalue weighted by atomic mass is 9.92. The van der Waals surface area contributed by atoms with Gasteiger partial charge in [0.05, 0.1) is 0 Å². The number of nitrogens with zero attached hydrogens (tertiary/aromatic N) is 4. The molecule has 0 spiro atoms. The minimum absolute atomic E-state index is 0.0144. The number of benzene rings is 1. The van der Waals surface area contributed by atoms with Crippen molar-refractivity contribution in [2.24, 2.45) is 5.92 Å². The predicted molar refractivity (Wildman–Crippen MR) is 100 cm³/mol. The van der Waals surface area contributed by atoms with Gasteiger partial charge in [-0.3, -0.25) is 0 Å². The average Bonchev–Trinajstić information content (AvgIpc) is 3.04. The number of phenolic OH excluding ortho intramolecular Hbond substituents is 1. The van der Waals surface area contributed by atoms with Gasteiger partial charge in [-0.2, -0.15) is 0 Å². The number of likely N-dealkylation sites (N-methyl/N-ethyl adjacent to an activating group) is 1. The van der Waals surface area contributed by atoms with E-state index >= 15 is 0 Å². The van der Waals surface area contributed by atoms with E-state index in [0.29, 0.717) is 16.8 Å². The van der Waals surface area contributed by atoms with Crippen molar-refractivity contribution in [3.63, 3.8) is 0 Å². The van der Waals surface area contributed by atoms with Crippen molar-refractivity contribution < 1.29 is 13.9 Å². The number of anilines is 1. The number of hydrogen-bond donors (Lipinski definition) is 1. The Morgan fingerprint density at radius 2 is 1.96 bits per heavy atom. The van der Waals surface area contributed by atoms with Gasteiger partial charge in [-0.15, -0.1) is 10.2 Å². The number of fused-ring (bicyclic) bond motifs is 1. The number of phenols is 1. The molecule has 4 rings (SSSR count). The van der Waals surface area contributed by atoms with Crippen molar-refractivity contribution in [3.8, 4) is 17.0 Å². The van der Waals surface area contributed by atoms with Crippen LogP contribution >= 0.6 is 11.6 Å². The summed E-state index contributed by atoms with van der Waals surface area (Å²) in [5, 5.41) is 18.7. The van der Waals surface area contributed by atoms with Gasteiger partial charge >= 0.3 is 0 Å². The molecule has 2 atom stereocenters. The molecule has 1 N–H and O–H groups in total. The van der Waals surface area contributed by atoms with E-state index < -0.39 is 6.43 Å². The van der Waals surface area contributed by atoms with E-state index in [1.165, 1.54) is 24.3 Å². The fraction of sp³-hybridized carbons (Fsp3) is 0.474. The first-order valence-corrected chi connectivity index (χ1v) is 9.41. The molecule has 1 aromatic heterocycles. The minimum atomic E-state index is -2.73. The molecule has 3 heterocycles. The van der Waals surface area contributed by atoms with Gasteiger partial charge in [0.25, 0.3) is 6.43 Å². The van der Waals surface area contributed by atoms with Gasteiger partial charge in [0, 0.05) is 35.3 Å². The van der Waals surface area contributed by atoms with Gasteiger partial charge in [0.15, 0.2) is 5.82 Å².